The fourth-order valence-corrected chi connectivity index (χ4v) is 3.97. The Morgan fingerprint density at radius 3 is 2.91 bits per heavy atom. The van der Waals surface area contributed by atoms with Crippen molar-refractivity contribution >= 4 is 10.0 Å². The summed E-state index contributed by atoms with van der Waals surface area (Å²) in [6.45, 7) is 4.98. The van der Waals surface area contributed by atoms with Crippen LogP contribution < -0.4 is 0 Å². The van der Waals surface area contributed by atoms with Gasteiger partial charge >= 0.3 is 0 Å². The van der Waals surface area contributed by atoms with Crippen molar-refractivity contribution in [3.05, 3.63) is 41.9 Å². The van der Waals surface area contributed by atoms with Crippen LogP contribution in [0.25, 0.3) is 0 Å². The molecule has 0 radical (unpaired) electrons. The Morgan fingerprint density at radius 2 is 2.22 bits per heavy atom. The highest BCUT2D eigenvalue weighted by Crippen LogP contribution is 2.25. The van der Waals surface area contributed by atoms with Gasteiger partial charge in [-0.15, -0.1) is 0 Å². The molecule has 23 heavy (non-hydrogen) atoms. The first-order chi connectivity index (χ1) is 11.0. The number of hydrogen-bond donors (Lipinski definition) is 0. The third-order valence-electron chi connectivity index (χ3n) is 3.94. The van der Waals surface area contributed by atoms with Crippen LogP contribution in [0.4, 0.5) is 0 Å². The Balaban J connectivity index is 1.78. The number of pyridine rings is 1. The van der Waals surface area contributed by atoms with Gasteiger partial charge in [0.05, 0.1) is 12.2 Å². The number of aromatic nitrogens is 2. The minimum absolute atomic E-state index is 0.215. The molecular formula is C16H21N3O3S. The monoisotopic (exact) mass is 335 g/mol. The van der Waals surface area contributed by atoms with E-state index in [9.17, 15) is 8.42 Å². The number of nitrogens with zero attached hydrogens (tertiary/aromatic N) is 3. The Kier molecular flexibility index (Phi) is 4.50. The molecule has 0 bridgehead atoms. The van der Waals surface area contributed by atoms with Crippen molar-refractivity contribution in [2.45, 2.75) is 44.6 Å². The summed E-state index contributed by atoms with van der Waals surface area (Å²) in [5.41, 5.74) is 0.738. The third kappa shape index (κ3) is 3.45. The van der Waals surface area contributed by atoms with Gasteiger partial charge in [-0.1, -0.05) is 13.8 Å². The lowest BCUT2D eigenvalue weighted by atomic mass is 10.1. The van der Waals surface area contributed by atoms with E-state index in [-0.39, 0.29) is 11.4 Å². The molecule has 0 aliphatic carbocycles. The molecule has 0 N–H and O–H groups in total. The molecule has 1 aliphatic rings. The number of fused-ring (bicyclic) bond motifs is 1. The van der Waals surface area contributed by atoms with Gasteiger partial charge in [0, 0.05) is 31.8 Å². The van der Waals surface area contributed by atoms with E-state index >= 15 is 0 Å². The number of rotatable bonds is 5. The molecule has 0 aromatic carbocycles. The second-order valence-electron chi connectivity index (χ2n) is 6.19. The Labute approximate surface area is 136 Å². The van der Waals surface area contributed by atoms with Gasteiger partial charge in [-0.3, -0.25) is 4.98 Å². The molecule has 0 saturated heterocycles. The maximum absolute atomic E-state index is 12.6. The van der Waals surface area contributed by atoms with Crippen molar-refractivity contribution in [3.63, 3.8) is 0 Å². The molecule has 7 heteroatoms. The molecule has 2 aromatic heterocycles. The van der Waals surface area contributed by atoms with Crippen LogP contribution in [0.15, 0.2) is 33.8 Å². The van der Waals surface area contributed by atoms with Gasteiger partial charge in [-0.2, -0.15) is 4.31 Å². The van der Waals surface area contributed by atoms with Gasteiger partial charge in [0.1, 0.15) is 10.7 Å². The summed E-state index contributed by atoms with van der Waals surface area (Å²) in [7, 11) is -3.53. The molecule has 0 amide bonds. The maximum Gasteiger partial charge on any atom is 0.244 e. The van der Waals surface area contributed by atoms with Gasteiger partial charge < -0.3 is 4.42 Å². The van der Waals surface area contributed by atoms with Crippen LogP contribution in [0.1, 0.15) is 37.6 Å². The first kappa shape index (κ1) is 16.1. The van der Waals surface area contributed by atoms with Crippen LogP contribution in [0.5, 0.6) is 0 Å². The topological polar surface area (TPSA) is 76.3 Å². The predicted molar refractivity (Wildman–Crippen MR) is 85.2 cm³/mol. The largest absolute Gasteiger partial charge is 0.445 e. The van der Waals surface area contributed by atoms with Crippen molar-refractivity contribution in [1.82, 2.24) is 14.3 Å². The average Bonchev–Trinajstić information content (AvgIpc) is 2.95. The number of hydrogen-bond acceptors (Lipinski definition) is 5. The highest BCUT2D eigenvalue weighted by Gasteiger charge is 2.31. The van der Waals surface area contributed by atoms with E-state index < -0.39 is 10.0 Å². The molecule has 0 fully saturated rings. The summed E-state index contributed by atoms with van der Waals surface area (Å²) < 4.78 is 32.5. The van der Waals surface area contributed by atoms with E-state index in [4.69, 9.17) is 4.42 Å². The normalized spacial score (nSPS) is 15.8. The van der Waals surface area contributed by atoms with Crippen LogP contribution in [0.3, 0.4) is 0 Å². The quantitative estimate of drug-likeness (QED) is 0.838. The average molecular weight is 335 g/mol. The second-order valence-corrected chi connectivity index (χ2v) is 8.13. The van der Waals surface area contributed by atoms with Crippen molar-refractivity contribution in [1.29, 1.82) is 0 Å². The summed E-state index contributed by atoms with van der Waals surface area (Å²) >= 11 is 0. The zero-order chi connectivity index (χ0) is 16.4. The van der Waals surface area contributed by atoms with Gasteiger partial charge in [0.15, 0.2) is 5.89 Å². The van der Waals surface area contributed by atoms with Crippen molar-refractivity contribution in [2.24, 2.45) is 5.92 Å². The van der Waals surface area contributed by atoms with Gasteiger partial charge in [0.2, 0.25) is 10.0 Å². The summed E-state index contributed by atoms with van der Waals surface area (Å²) in [6.07, 6.45) is 5.30. The standard InChI is InChI=1S/C16H21N3O3S/c1-12(2)5-6-16-18-14-11-19(9-7-15(14)22-16)23(20,21)13-4-3-8-17-10-13/h3-4,8,10,12H,5-7,9,11H2,1-2H3. The molecule has 0 saturated carbocycles. The smallest absolute Gasteiger partial charge is 0.244 e. The van der Waals surface area contributed by atoms with Gasteiger partial charge in [-0.05, 0) is 24.5 Å². The van der Waals surface area contributed by atoms with Crippen LogP contribution in [0.2, 0.25) is 0 Å². The van der Waals surface area contributed by atoms with Crippen molar-refractivity contribution in [2.75, 3.05) is 6.54 Å². The van der Waals surface area contributed by atoms with Crippen LogP contribution in [0, 0.1) is 5.92 Å². The zero-order valence-electron chi connectivity index (χ0n) is 13.4. The van der Waals surface area contributed by atoms with E-state index in [1.54, 1.807) is 18.3 Å². The fraction of sp³-hybridized carbons (Fsp3) is 0.500. The van der Waals surface area contributed by atoms with Crippen molar-refractivity contribution in [3.8, 4) is 0 Å². The molecule has 2 aromatic rings. The van der Waals surface area contributed by atoms with E-state index in [1.807, 2.05) is 0 Å². The highest BCUT2D eigenvalue weighted by molar-refractivity contribution is 7.89. The summed E-state index contributed by atoms with van der Waals surface area (Å²) in [4.78, 5) is 8.60. The molecule has 0 unspecified atom stereocenters. The minimum Gasteiger partial charge on any atom is -0.445 e. The molecule has 0 atom stereocenters. The van der Waals surface area contributed by atoms with Gasteiger partial charge in [0.25, 0.3) is 0 Å². The summed E-state index contributed by atoms with van der Waals surface area (Å²) in [5, 5.41) is 0. The van der Waals surface area contributed by atoms with Crippen LogP contribution in [-0.2, 0) is 29.4 Å². The predicted octanol–water partition coefficient (Wildman–Crippen LogP) is 2.41. The number of sulfonamides is 1. The summed E-state index contributed by atoms with van der Waals surface area (Å²) in [6, 6.07) is 3.19. The first-order valence-corrected chi connectivity index (χ1v) is 9.28. The minimum atomic E-state index is -3.53. The number of aryl methyl sites for hydroxylation is 1. The summed E-state index contributed by atoms with van der Waals surface area (Å²) in [5.74, 6) is 2.12. The van der Waals surface area contributed by atoms with Crippen molar-refractivity contribution < 1.29 is 12.8 Å². The lowest BCUT2D eigenvalue weighted by Crippen LogP contribution is -2.35. The third-order valence-corrected chi connectivity index (χ3v) is 5.77. The molecule has 3 heterocycles. The molecule has 124 valence electrons. The fourth-order valence-electron chi connectivity index (χ4n) is 2.60. The van der Waals surface area contributed by atoms with Crippen LogP contribution in [-0.4, -0.2) is 29.2 Å². The zero-order valence-corrected chi connectivity index (χ0v) is 14.2. The number of oxazole rings is 1. The second kappa shape index (κ2) is 6.41. The van der Waals surface area contributed by atoms with E-state index in [2.05, 4.69) is 23.8 Å². The van der Waals surface area contributed by atoms with E-state index in [1.165, 1.54) is 10.5 Å². The lowest BCUT2D eigenvalue weighted by molar-refractivity contribution is 0.354. The Morgan fingerprint density at radius 1 is 1.39 bits per heavy atom. The molecule has 1 aliphatic heterocycles. The maximum atomic E-state index is 12.6. The lowest BCUT2D eigenvalue weighted by Gasteiger charge is -2.24. The molecular weight excluding hydrogens is 314 g/mol. The first-order valence-electron chi connectivity index (χ1n) is 7.84. The Bertz CT molecular complexity index is 769. The van der Waals surface area contributed by atoms with E-state index in [0.717, 1.165) is 24.3 Å². The van der Waals surface area contributed by atoms with E-state index in [0.29, 0.717) is 24.8 Å². The van der Waals surface area contributed by atoms with Crippen LogP contribution >= 0.6 is 0 Å². The molecule has 3 rings (SSSR count). The SMILES string of the molecule is CC(C)CCc1nc2c(o1)CCN(S(=O)(=O)c1cccnc1)C2. The van der Waals surface area contributed by atoms with Gasteiger partial charge in [-0.25, -0.2) is 13.4 Å². The molecule has 0 spiro atoms. The Hall–Kier alpha value is -1.73. The highest BCUT2D eigenvalue weighted by atomic mass is 32.2. The molecule has 6 nitrogen and oxygen atoms in total.